The van der Waals surface area contributed by atoms with Crippen molar-refractivity contribution in [1.82, 2.24) is 4.90 Å². The molecular formula is C13H27NS. The van der Waals surface area contributed by atoms with E-state index in [0.29, 0.717) is 0 Å². The molecule has 90 valence electrons. The quantitative estimate of drug-likeness (QED) is 0.681. The summed E-state index contributed by atoms with van der Waals surface area (Å²) < 4.78 is 0. The van der Waals surface area contributed by atoms with Gasteiger partial charge in [0.1, 0.15) is 0 Å². The highest BCUT2D eigenvalue weighted by molar-refractivity contribution is 7.80. The Morgan fingerprint density at radius 3 is 2.73 bits per heavy atom. The van der Waals surface area contributed by atoms with Gasteiger partial charge in [-0.3, -0.25) is 0 Å². The second-order valence-electron chi connectivity index (χ2n) is 4.89. The molecule has 1 aliphatic rings. The summed E-state index contributed by atoms with van der Waals surface area (Å²) in [5.41, 5.74) is 0. The van der Waals surface area contributed by atoms with Crippen LogP contribution in [0.3, 0.4) is 0 Å². The van der Waals surface area contributed by atoms with Crippen LogP contribution in [0, 0.1) is 5.92 Å². The third kappa shape index (κ3) is 4.36. The van der Waals surface area contributed by atoms with Gasteiger partial charge in [-0.05, 0) is 43.9 Å². The van der Waals surface area contributed by atoms with Crippen molar-refractivity contribution in [3.05, 3.63) is 0 Å². The van der Waals surface area contributed by atoms with Crippen molar-refractivity contribution in [3.63, 3.8) is 0 Å². The summed E-state index contributed by atoms with van der Waals surface area (Å²) in [6.07, 6.45) is 8.23. The predicted octanol–water partition coefficient (Wildman–Crippen LogP) is 3.60. The molecular weight excluding hydrogens is 202 g/mol. The van der Waals surface area contributed by atoms with E-state index in [9.17, 15) is 0 Å². The number of hydrogen-bond acceptors (Lipinski definition) is 2. The Balaban J connectivity index is 2.38. The monoisotopic (exact) mass is 229 g/mol. The normalized spacial score (nSPS) is 25.4. The van der Waals surface area contributed by atoms with Gasteiger partial charge in [-0.15, -0.1) is 0 Å². The van der Waals surface area contributed by atoms with E-state index in [1.807, 2.05) is 0 Å². The van der Waals surface area contributed by atoms with Gasteiger partial charge in [-0.2, -0.15) is 12.6 Å². The van der Waals surface area contributed by atoms with Gasteiger partial charge in [0.05, 0.1) is 0 Å². The van der Waals surface area contributed by atoms with E-state index in [1.54, 1.807) is 0 Å². The van der Waals surface area contributed by atoms with Crippen LogP contribution in [0.1, 0.15) is 52.4 Å². The third-order valence-corrected chi connectivity index (χ3v) is 4.18. The maximum Gasteiger partial charge on any atom is 0.00927 e. The molecule has 1 heterocycles. The lowest BCUT2D eigenvalue weighted by Crippen LogP contribution is -2.42. The molecule has 0 aliphatic carbocycles. The molecule has 2 heteroatoms. The summed E-state index contributed by atoms with van der Waals surface area (Å²) in [6.45, 7) is 7.23. The standard InChI is InChI=1S/C13H27NS/c1-3-7-12(11-15)10-14-9-6-5-8-13(14)4-2/h12-13,15H,3-11H2,1-2H3. The molecule has 0 bridgehead atoms. The minimum absolute atomic E-state index is 0.811. The molecule has 0 aromatic rings. The van der Waals surface area contributed by atoms with Crippen molar-refractivity contribution < 1.29 is 0 Å². The Morgan fingerprint density at radius 1 is 1.33 bits per heavy atom. The molecule has 1 fully saturated rings. The molecule has 15 heavy (non-hydrogen) atoms. The molecule has 1 aliphatic heterocycles. The molecule has 1 saturated heterocycles. The Kier molecular flexibility index (Phi) is 6.74. The Hall–Kier alpha value is 0.310. The molecule has 1 rings (SSSR count). The van der Waals surface area contributed by atoms with Crippen molar-refractivity contribution in [3.8, 4) is 0 Å². The highest BCUT2D eigenvalue weighted by atomic mass is 32.1. The van der Waals surface area contributed by atoms with Gasteiger partial charge in [0.2, 0.25) is 0 Å². The largest absolute Gasteiger partial charge is 0.300 e. The van der Waals surface area contributed by atoms with Gasteiger partial charge in [0.25, 0.3) is 0 Å². The number of likely N-dealkylation sites (tertiary alicyclic amines) is 1. The molecule has 0 amide bonds. The average molecular weight is 229 g/mol. The lowest BCUT2D eigenvalue weighted by Gasteiger charge is -2.37. The predicted molar refractivity (Wildman–Crippen MR) is 71.8 cm³/mol. The van der Waals surface area contributed by atoms with Crippen LogP contribution >= 0.6 is 12.6 Å². The second-order valence-corrected chi connectivity index (χ2v) is 5.26. The van der Waals surface area contributed by atoms with Crippen LogP contribution in [-0.2, 0) is 0 Å². The van der Waals surface area contributed by atoms with E-state index in [1.165, 1.54) is 51.6 Å². The zero-order valence-corrected chi connectivity index (χ0v) is 11.3. The average Bonchev–Trinajstić information content (AvgIpc) is 2.29. The molecule has 0 aromatic heterocycles. The zero-order valence-electron chi connectivity index (χ0n) is 10.4. The maximum absolute atomic E-state index is 4.48. The first-order valence-electron chi connectivity index (χ1n) is 6.66. The highest BCUT2D eigenvalue weighted by Gasteiger charge is 2.22. The second kappa shape index (κ2) is 7.56. The van der Waals surface area contributed by atoms with E-state index in [4.69, 9.17) is 0 Å². The summed E-state index contributed by atoms with van der Waals surface area (Å²) in [7, 11) is 0. The Labute approximate surface area is 101 Å². The van der Waals surface area contributed by atoms with E-state index < -0.39 is 0 Å². The smallest absolute Gasteiger partial charge is 0.00927 e. The van der Waals surface area contributed by atoms with Crippen LogP contribution in [0.25, 0.3) is 0 Å². The number of rotatable bonds is 6. The fraction of sp³-hybridized carbons (Fsp3) is 1.00. The zero-order chi connectivity index (χ0) is 11.1. The van der Waals surface area contributed by atoms with Gasteiger partial charge in [-0.1, -0.05) is 26.7 Å². The SMILES string of the molecule is CCCC(CS)CN1CCCCC1CC. The molecule has 0 saturated carbocycles. The Bertz CT molecular complexity index is 161. The molecule has 0 spiro atoms. The summed E-state index contributed by atoms with van der Waals surface area (Å²) in [5.74, 6) is 1.87. The molecule has 2 unspecified atom stereocenters. The highest BCUT2D eigenvalue weighted by Crippen LogP contribution is 2.22. The van der Waals surface area contributed by atoms with E-state index in [-0.39, 0.29) is 0 Å². The number of hydrogen-bond donors (Lipinski definition) is 1. The van der Waals surface area contributed by atoms with E-state index in [0.717, 1.165) is 17.7 Å². The summed E-state index contributed by atoms with van der Waals surface area (Å²) in [5, 5.41) is 0. The number of thiol groups is 1. The van der Waals surface area contributed by atoms with Crippen molar-refractivity contribution in [2.75, 3.05) is 18.8 Å². The van der Waals surface area contributed by atoms with Crippen molar-refractivity contribution in [2.24, 2.45) is 5.92 Å². The topological polar surface area (TPSA) is 3.24 Å². The molecule has 0 radical (unpaired) electrons. The summed E-state index contributed by atoms with van der Waals surface area (Å²) in [6, 6.07) is 0.859. The van der Waals surface area contributed by atoms with Gasteiger partial charge in [0.15, 0.2) is 0 Å². The fourth-order valence-corrected chi connectivity index (χ4v) is 3.04. The molecule has 1 nitrogen and oxygen atoms in total. The molecule has 0 N–H and O–H groups in total. The maximum atomic E-state index is 4.48. The Morgan fingerprint density at radius 2 is 2.13 bits per heavy atom. The third-order valence-electron chi connectivity index (χ3n) is 3.67. The van der Waals surface area contributed by atoms with E-state index in [2.05, 4.69) is 31.4 Å². The van der Waals surface area contributed by atoms with Crippen LogP contribution in [0.5, 0.6) is 0 Å². The lowest BCUT2D eigenvalue weighted by molar-refractivity contribution is 0.124. The summed E-state index contributed by atoms with van der Waals surface area (Å²) in [4.78, 5) is 2.72. The van der Waals surface area contributed by atoms with Crippen LogP contribution in [-0.4, -0.2) is 29.8 Å². The van der Waals surface area contributed by atoms with Crippen LogP contribution < -0.4 is 0 Å². The summed E-state index contributed by atoms with van der Waals surface area (Å²) >= 11 is 4.48. The first-order valence-corrected chi connectivity index (χ1v) is 7.29. The van der Waals surface area contributed by atoms with Crippen LogP contribution in [0.4, 0.5) is 0 Å². The molecule has 2 atom stereocenters. The van der Waals surface area contributed by atoms with Crippen LogP contribution in [0.15, 0.2) is 0 Å². The van der Waals surface area contributed by atoms with Crippen LogP contribution in [0.2, 0.25) is 0 Å². The lowest BCUT2D eigenvalue weighted by atomic mass is 9.97. The minimum Gasteiger partial charge on any atom is -0.300 e. The first kappa shape index (κ1) is 13.4. The number of piperidine rings is 1. The number of nitrogens with zero attached hydrogens (tertiary/aromatic N) is 1. The van der Waals surface area contributed by atoms with Gasteiger partial charge < -0.3 is 4.90 Å². The fourth-order valence-electron chi connectivity index (χ4n) is 2.74. The van der Waals surface area contributed by atoms with Gasteiger partial charge >= 0.3 is 0 Å². The van der Waals surface area contributed by atoms with Crippen molar-refractivity contribution >= 4 is 12.6 Å². The van der Waals surface area contributed by atoms with Gasteiger partial charge in [-0.25, -0.2) is 0 Å². The van der Waals surface area contributed by atoms with E-state index >= 15 is 0 Å². The first-order chi connectivity index (χ1) is 7.31. The van der Waals surface area contributed by atoms with Crippen molar-refractivity contribution in [2.45, 2.75) is 58.4 Å². The van der Waals surface area contributed by atoms with Crippen molar-refractivity contribution in [1.29, 1.82) is 0 Å². The molecule has 0 aromatic carbocycles. The van der Waals surface area contributed by atoms with Gasteiger partial charge in [0, 0.05) is 12.6 Å². The minimum atomic E-state index is 0.811.